The van der Waals surface area contributed by atoms with E-state index in [-0.39, 0.29) is 11.9 Å². The van der Waals surface area contributed by atoms with E-state index < -0.39 is 0 Å². The van der Waals surface area contributed by atoms with Gasteiger partial charge in [-0.1, -0.05) is 18.2 Å². The molecule has 1 saturated heterocycles. The van der Waals surface area contributed by atoms with Crippen LogP contribution in [0.15, 0.2) is 48.8 Å². The number of rotatable bonds is 5. The van der Waals surface area contributed by atoms with Crippen LogP contribution < -0.4 is 15.4 Å². The number of piperidine rings is 1. The molecule has 0 unspecified atom stereocenters. The van der Waals surface area contributed by atoms with Crippen LogP contribution in [0.5, 0.6) is 5.75 Å². The Labute approximate surface area is 158 Å². The van der Waals surface area contributed by atoms with Crippen molar-refractivity contribution in [2.75, 3.05) is 13.1 Å². The first kappa shape index (κ1) is 17.5. The molecule has 0 saturated carbocycles. The van der Waals surface area contributed by atoms with Gasteiger partial charge in [-0.2, -0.15) is 0 Å². The van der Waals surface area contributed by atoms with Gasteiger partial charge < -0.3 is 19.8 Å². The third kappa shape index (κ3) is 4.11. The largest absolute Gasteiger partial charge is 0.486 e. The number of hydrogen-bond donors (Lipinski definition) is 2. The van der Waals surface area contributed by atoms with Crippen molar-refractivity contribution in [2.45, 2.75) is 32.4 Å². The monoisotopic (exact) mass is 364 g/mol. The minimum atomic E-state index is -0.0927. The highest BCUT2D eigenvalue weighted by molar-refractivity contribution is 5.97. The first-order chi connectivity index (χ1) is 13.2. The maximum absolute atomic E-state index is 12.7. The number of carbonyl (C=O) groups excluding carboxylic acids is 1. The van der Waals surface area contributed by atoms with Gasteiger partial charge in [0.25, 0.3) is 5.91 Å². The Morgan fingerprint density at radius 1 is 1.30 bits per heavy atom. The van der Waals surface area contributed by atoms with Crippen molar-refractivity contribution in [3.8, 4) is 5.75 Å². The van der Waals surface area contributed by atoms with Gasteiger partial charge in [-0.3, -0.25) is 4.79 Å². The van der Waals surface area contributed by atoms with Gasteiger partial charge in [0.15, 0.2) is 0 Å². The van der Waals surface area contributed by atoms with Crippen LogP contribution in [0.1, 0.15) is 34.5 Å². The number of aryl methyl sites for hydroxylation is 1. The van der Waals surface area contributed by atoms with Crippen molar-refractivity contribution in [3.05, 3.63) is 65.6 Å². The second kappa shape index (κ2) is 7.80. The number of nitrogens with zero attached hydrogens (tertiary/aromatic N) is 2. The molecule has 6 nitrogen and oxygen atoms in total. The van der Waals surface area contributed by atoms with E-state index in [1.807, 2.05) is 54.0 Å². The zero-order valence-electron chi connectivity index (χ0n) is 15.4. The number of benzene rings is 1. The van der Waals surface area contributed by atoms with Gasteiger partial charge >= 0.3 is 0 Å². The number of hydrogen-bond acceptors (Lipinski definition) is 4. The van der Waals surface area contributed by atoms with Crippen molar-refractivity contribution >= 4 is 11.6 Å². The maximum Gasteiger partial charge on any atom is 0.255 e. The summed E-state index contributed by atoms with van der Waals surface area (Å²) in [5, 5.41) is 6.41. The summed E-state index contributed by atoms with van der Waals surface area (Å²) in [5.41, 5.74) is 3.44. The molecule has 3 heterocycles. The maximum atomic E-state index is 12.7. The molecule has 0 bridgehead atoms. The van der Waals surface area contributed by atoms with Crippen molar-refractivity contribution in [3.63, 3.8) is 0 Å². The number of carbonyl (C=O) groups is 1. The fourth-order valence-corrected chi connectivity index (χ4v) is 3.40. The van der Waals surface area contributed by atoms with Crippen LogP contribution >= 0.6 is 0 Å². The highest BCUT2D eigenvalue weighted by atomic mass is 16.5. The first-order valence-electron chi connectivity index (χ1n) is 9.37. The lowest BCUT2D eigenvalue weighted by Gasteiger charge is -2.24. The van der Waals surface area contributed by atoms with E-state index in [0.717, 1.165) is 37.3 Å². The predicted molar refractivity (Wildman–Crippen MR) is 104 cm³/mol. The van der Waals surface area contributed by atoms with Crippen molar-refractivity contribution in [2.24, 2.45) is 0 Å². The van der Waals surface area contributed by atoms with Gasteiger partial charge in [-0.25, -0.2) is 4.98 Å². The lowest BCUT2D eigenvalue weighted by atomic mass is 10.1. The summed E-state index contributed by atoms with van der Waals surface area (Å²) >= 11 is 0. The van der Waals surface area contributed by atoms with Gasteiger partial charge in [-0.05, 0) is 50.1 Å². The summed E-state index contributed by atoms with van der Waals surface area (Å²) in [5.74, 6) is 0.483. The third-order valence-corrected chi connectivity index (χ3v) is 4.79. The van der Waals surface area contributed by atoms with Gasteiger partial charge in [0, 0.05) is 25.0 Å². The van der Waals surface area contributed by atoms with E-state index in [0.29, 0.717) is 17.9 Å². The molecule has 1 aliphatic heterocycles. The highest BCUT2D eigenvalue weighted by Gasteiger charge is 2.19. The summed E-state index contributed by atoms with van der Waals surface area (Å²) in [4.78, 5) is 17.3. The van der Waals surface area contributed by atoms with E-state index in [9.17, 15) is 4.79 Å². The molecule has 1 fully saturated rings. The molecule has 2 N–H and O–H groups in total. The number of para-hydroxylation sites is 1. The molecule has 0 aliphatic carbocycles. The first-order valence-corrected chi connectivity index (χ1v) is 9.37. The summed E-state index contributed by atoms with van der Waals surface area (Å²) in [6.45, 7) is 4.20. The number of nitrogens with one attached hydrogen (secondary N) is 2. The van der Waals surface area contributed by atoms with Crippen LogP contribution in [0.4, 0.5) is 0 Å². The van der Waals surface area contributed by atoms with Gasteiger partial charge in [0.05, 0.1) is 11.3 Å². The Kier molecular flexibility index (Phi) is 5.07. The summed E-state index contributed by atoms with van der Waals surface area (Å²) in [6, 6.07) is 11.5. The molecule has 1 aliphatic rings. The van der Waals surface area contributed by atoms with Crippen LogP contribution in [0.2, 0.25) is 0 Å². The smallest absolute Gasteiger partial charge is 0.255 e. The standard InChI is InChI=1S/C21H24N4O2/c1-15-8-9-20-23-17(13-25(20)12-15)14-27-19-7-3-2-6-18(19)21(26)24-16-5-4-10-22-11-16/h2-3,6-9,12-13,16,22H,4-5,10-11,14H2,1H3,(H,24,26)/t16-/m0/s1. The SMILES string of the molecule is Cc1ccc2nc(COc3ccccc3C(=O)N[C@H]3CCCNC3)cn2c1. The van der Waals surface area contributed by atoms with Crippen LogP contribution in [0, 0.1) is 6.92 Å². The molecule has 0 spiro atoms. The lowest BCUT2D eigenvalue weighted by molar-refractivity contribution is 0.0926. The van der Waals surface area contributed by atoms with E-state index in [1.54, 1.807) is 6.07 Å². The average Bonchev–Trinajstić information content (AvgIpc) is 3.09. The Hall–Kier alpha value is -2.86. The molecule has 27 heavy (non-hydrogen) atoms. The summed E-state index contributed by atoms with van der Waals surface area (Å²) in [6.07, 6.45) is 6.07. The quantitative estimate of drug-likeness (QED) is 0.730. The zero-order chi connectivity index (χ0) is 18.6. The fourth-order valence-electron chi connectivity index (χ4n) is 3.40. The molecule has 0 radical (unpaired) electrons. The molecular formula is C21H24N4O2. The molecule has 1 atom stereocenters. The van der Waals surface area contributed by atoms with Crippen LogP contribution in [0.3, 0.4) is 0 Å². The van der Waals surface area contributed by atoms with E-state index in [1.165, 1.54) is 5.56 Å². The van der Waals surface area contributed by atoms with Crippen molar-refractivity contribution in [1.82, 2.24) is 20.0 Å². The molecule has 1 aromatic carbocycles. The number of amides is 1. The van der Waals surface area contributed by atoms with Gasteiger partial charge in [-0.15, -0.1) is 0 Å². The molecule has 140 valence electrons. The molecule has 1 amide bonds. The summed E-state index contributed by atoms with van der Waals surface area (Å²) < 4.78 is 7.93. The number of pyridine rings is 1. The number of ether oxygens (including phenoxy) is 1. The lowest BCUT2D eigenvalue weighted by Crippen LogP contribution is -2.45. The molecule has 4 rings (SSSR count). The Morgan fingerprint density at radius 3 is 3.04 bits per heavy atom. The van der Waals surface area contributed by atoms with E-state index >= 15 is 0 Å². The fraction of sp³-hybridized carbons (Fsp3) is 0.333. The van der Waals surface area contributed by atoms with Crippen LogP contribution in [0.25, 0.3) is 5.65 Å². The molecule has 6 heteroatoms. The zero-order valence-corrected chi connectivity index (χ0v) is 15.4. The molecule has 3 aromatic rings. The topological polar surface area (TPSA) is 67.7 Å². The van der Waals surface area contributed by atoms with E-state index in [4.69, 9.17) is 4.74 Å². The van der Waals surface area contributed by atoms with Crippen LogP contribution in [-0.4, -0.2) is 34.4 Å². The summed E-state index contributed by atoms with van der Waals surface area (Å²) in [7, 11) is 0. The van der Waals surface area contributed by atoms with E-state index in [2.05, 4.69) is 15.6 Å². The third-order valence-electron chi connectivity index (χ3n) is 4.79. The number of aromatic nitrogens is 2. The predicted octanol–water partition coefficient (Wildman–Crippen LogP) is 2.70. The molecule has 2 aromatic heterocycles. The minimum absolute atomic E-state index is 0.0927. The van der Waals surface area contributed by atoms with Crippen molar-refractivity contribution < 1.29 is 9.53 Å². The second-order valence-corrected chi connectivity index (χ2v) is 7.01. The minimum Gasteiger partial charge on any atom is -0.486 e. The Balaban J connectivity index is 1.46. The Bertz CT molecular complexity index is 944. The highest BCUT2D eigenvalue weighted by Crippen LogP contribution is 2.20. The average molecular weight is 364 g/mol. The Morgan fingerprint density at radius 2 is 2.19 bits per heavy atom. The normalized spacial score (nSPS) is 17.0. The molecular weight excluding hydrogens is 340 g/mol. The number of fused-ring (bicyclic) bond motifs is 1. The van der Waals surface area contributed by atoms with Crippen LogP contribution in [-0.2, 0) is 6.61 Å². The second-order valence-electron chi connectivity index (χ2n) is 7.01. The van der Waals surface area contributed by atoms with Gasteiger partial charge in [0.1, 0.15) is 18.0 Å². The van der Waals surface area contributed by atoms with Crippen molar-refractivity contribution in [1.29, 1.82) is 0 Å². The van der Waals surface area contributed by atoms with Gasteiger partial charge in [0.2, 0.25) is 0 Å². The number of imidazole rings is 1.